The molecule has 0 aliphatic carbocycles. The number of amides is 2. The second kappa shape index (κ2) is 6.43. The molecule has 4 N–H and O–H groups in total. The summed E-state index contributed by atoms with van der Waals surface area (Å²) in [6, 6.07) is 7.02. The van der Waals surface area contributed by atoms with Crippen LogP contribution in [0.15, 0.2) is 46.4 Å². The fourth-order valence-electron chi connectivity index (χ4n) is 2.67. The smallest absolute Gasteiger partial charge is 0.275 e. The van der Waals surface area contributed by atoms with Crippen LogP contribution in [-0.2, 0) is 10.3 Å². The lowest BCUT2D eigenvalue weighted by Crippen LogP contribution is -2.47. The number of nitrogens with zero attached hydrogens (tertiary/aromatic N) is 3. The number of carbonyl (C=O) groups is 2. The van der Waals surface area contributed by atoms with Crippen molar-refractivity contribution in [3.63, 3.8) is 0 Å². The van der Waals surface area contributed by atoms with Crippen molar-refractivity contribution in [3.05, 3.63) is 58.3 Å². The van der Waals surface area contributed by atoms with Crippen molar-refractivity contribution in [3.8, 4) is 0 Å². The fourth-order valence-corrected chi connectivity index (χ4v) is 2.67. The van der Waals surface area contributed by atoms with E-state index in [1.807, 2.05) is 13.0 Å². The molecule has 0 radical (unpaired) electrons. The lowest BCUT2D eigenvalue weighted by atomic mass is 9.87. The van der Waals surface area contributed by atoms with Gasteiger partial charge in [-0.15, -0.1) is 0 Å². The number of guanidine groups is 1. The Morgan fingerprint density at radius 2 is 2.15 bits per heavy atom. The molecule has 0 fully saturated rings. The summed E-state index contributed by atoms with van der Waals surface area (Å²) in [6.07, 6.45) is 2.44. The van der Waals surface area contributed by atoms with Crippen molar-refractivity contribution in [1.82, 2.24) is 14.9 Å². The lowest BCUT2D eigenvalue weighted by molar-refractivity contribution is -0.128. The summed E-state index contributed by atoms with van der Waals surface area (Å²) in [5.41, 5.74) is 5.97. The minimum atomic E-state index is -0.815. The van der Waals surface area contributed by atoms with Crippen molar-refractivity contribution < 1.29 is 9.59 Å². The predicted octanol–water partition coefficient (Wildman–Crippen LogP) is 0.414. The minimum Gasteiger partial charge on any atom is -0.369 e. The predicted molar refractivity (Wildman–Crippen MR) is 95.6 cm³/mol. The van der Waals surface area contributed by atoms with E-state index in [4.69, 9.17) is 5.73 Å². The number of aliphatic imine (C=N–C) groups is 1. The third kappa shape index (κ3) is 3.32. The van der Waals surface area contributed by atoms with Crippen LogP contribution in [-0.4, -0.2) is 39.7 Å². The minimum absolute atomic E-state index is 0.0814. The molecule has 9 nitrogen and oxygen atoms in total. The Labute approximate surface area is 149 Å². The van der Waals surface area contributed by atoms with Crippen molar-refractivity contribution in [2.24, 2.45) is 10.7 Å². The molecule has 1 aliphatic rings. The highest BCUT2D eigenvalue weighted by Gasteiger charge is 2.36. The van der Waals surface area contributed by atoms with Crippen LogP contribution in [0.5, 0.6) is 0 Å². The number of nitrogens with two attached hydrogens (primary N) is 1. The number of aromatic amines is 1. The molecule has 2 aromatic rings. The fraction of sp³-hybridized carbons (Fsp3) is 0.235. The second-order valence-electron chi connectivity index (χ2n) is 6.20. The summed E-state index contributed by atoms with van der Waals surface area (Å²) in [5, 5.41) is 2.71. The van der Waals surface area contributed by atoms with Gasteiger partial charge in [0.2, 0.25) is 5.91 Å². The van der Waals surface area contributed by atoms with Gasteiger partial charge in [0.05, 0.1) is 18.2 Å². The van der Waals surface area contributed by atoms with E-state index < -0.39 is 11.4 Å². The summed E-state index contributed by atoms with van der Waals surface area (Å²) in [7, 11) is 1.58. The second-order valence-corrected chi connectivity index (χ2v) is 6.20. The highest BCUT2D eigenvalue weighted by molar-refractivity contribution is 6.02. The van der Waals surface area contributed by atoms with Gasteiger partial charge in [0, 0.05) is 18.9 Å². The quantitative estimate of drug-likeness (QED) is 0.734. The zero-order valence-electron chi connectivity index (χ0n) is 14.3. The number of carbonyl (C=O) groups excluding carboxylic acids is 2. The maximum absolute atomic E-state index is 12.2. The Balaban J connectivity index is 1.87. The SMILES string of the molecule is CN1C(=O)CC(C)(c2cccc(NC(=O)c3c[nH]c(=O)cn3)c2)N=C1N. The molecule has 1 aromatic heterocycles. The van der Waals surface area contributed by atoms with E-state index in [2.05, 4.69) is 20.3 Å². The molecule has 0 saturated carbocycles. The highest BCUT2D eigenvalue weighted by Crippen LogP contribution is 2.34. The highest BCUT2D eigenvalue weighted by atomic mass is 16.2. The van der Waals surface area contributed by atoms with Crippen LogP contribution in [0.3, 0.4) is 0 Å². The van der Waals surface area contributed by atoms with E-state index in [-0.39, 0.29) is 29.5 Å². The van der Waals surface area contributed by atoms with Gasteiger partial charge in [-0.3, -0.25) is 19.3 Å². The molecule has 1 aliphatic heterocycles. The van der Waals surface area contributed by atoms with Crippen LogP contribution in [0.25, 0.3) is 0 Å². The van der Waals surface area contributed by atoms with Crippen LogP contribution in [0.4, 0.5) is 5.69 Å². The van der Waals surface area contributed by atoms with Crippen molar-refractivity contribution in [2.45, 2.75) is 18.9 Å². The van der Waals surface area contributed by atoms with Gasteiger partial charge in [-0.2, -0.15) is 0 Å². The molecule has 0 saturated heterocycles. The van der Waals surface area contributed by atoms with E-state index in [9.17, 15) is 14.4 Å². The van der Waals surface area contributed by atoms with Crippen LogP contribution in [0, 0.1) is 0 Å². The monoisotopic (exact) mass is 354 g/mol. The molecular weight excluding hydrogens is 336 g/mol. The van der Waals surface area contributed by atoms with Gasteiger partial charge >= 0.3 is 0 Å². The number of anilines is 1. The van der Waals surface area contributed by atoms with Crippen molar-refractivity contribution >= 4 is 23.5 Å². The van der Waals surface area contributed by atoms with Crippen LogP contribution in [0.1, 0.15) is 29.4 Å². The first-order valence-corrected chi connectivity index (χ1v) is 7.87. The summed E-state index contributed by atoms with van der Waals surface area (Å²) in [5.74, 6) is -0.450. The largest absolute Gasteiger partial charge is 0.369 e. The van der Waals surface area contributed by atoms with Gasteiger partial charge in [-0.1, -0.05) is 12.1 Å². The van der Waals surface area contributed by atoms with Crippen LogP contribution >= 0.6 is 0 Å². The molecule has 9 heteroatoms. The number of nitrogens with one attached hydrogen (secondary N) is 2. The van der Waals surface area contributed by atoms with E-state index in [0.717, 1.165) is 11.8 Å². The molecule has 1 unspecified atom stereocenters. The number of rotatable bonds is 3. The molecular formula is C17H18N6O3. The molecule has 1 atom stereocenters. The molecule has 134 valence electrons. The molecule has 26 heavy (non-hydrogen) atoms. The van der Waals surface area contributed by atoms with E-state index in [1.54, 1.807) is 25.2 Å². The Bertz CT molecular complexity index is 946. The first-order valence-electron chi connectivity index (χ1n) is 7.87. The zero-order valence-corrected chi connectivity index (χ0v) is 14.3. The van der Waals surface area contributed by atoms with Gasteiger partial charge in [0.25, 0.3) is 11.5 Å². The summed E-state index contributed by atoms with van der Waals surface area (Å²) in [4.78, 5) is 47.3. The summed E-state index contributed by atoms with van der Waals surface area (Å²) in [6.45, 7) is 1.81. The lowest BCUT2D eigenvalue weighted by Gasteiger charge is -2.33. The number of hydrogen-bond donors (Lipinski definition) is 3. The van der Waals surface area contributed by atoms with E-state index >= 15 is 0 Å². The van der Waals surface area contributed by atoms with Crippen molar-refractivity contribution in [1.29, 1.82) is 0 Å². The first kappa shape index (κ1) is 17.3. The number of benzene rings is 1. The third-order valence-corrected chi connectivity index (χ3v) is 4.22. The van der Waals surface area contributed by atoms with Gasteiger partial charge in [-0.25, -0.2) is 9.98 Å². The van der Waals surface area contributed by atoms with E-state index in [0.29, 0.717) is 5.69 Å². The van der Waals surface area contributed by atoms with Gasteiger partial charge in [0.15, 0.2) is 5.96 Å². The Morgan fingerprint density at radius 1 is 1.38 bits per heavy atom. The molecule has 0 bridgehead atoms. The van der Waals surface area contributed by atoms with Gasteiger partial charge in [-0.05, 0) is 24.6 Å². The average Bonchev–Trinajstić information content (AvgIpc) is 2.60. The van der Waals surface area contributed by atoms with Crippen LogP contribution in [0.2, 0.25) is 0 Å². The normalized spacial score (nSPS) is 19.8. The van der Waals surface area contributed by atoms with E-state index in [1.165, 1.54) is 11.1 Å². The maximum Gasteiger partial charge on any atom is 0.275 e. The molecule has 3 rings (SSSR count). The van der Waals surface area contributed by atoms with Crippen LogP contribution < -0.4 is 16.6 Å². The molecule has 2 amide bonds. The summed E-state index contributed by atoms with van der Waals surface area (Å²) < 4.78 is 0. The van der Waals surface area contributed by atoms with Gasteiger partial charge < -0.3 is 16.0 Å². The van der Waals surface area contributed by atoms with Crippen molar-refractivity contribution in [2.75, 3.05) is 12.4 Å². The zero-order chi connectivity index (χ0) is 18.9. The first-order chi connectivity index (χ1) is 12.3. The molecule has 0 spiro atoms. The Hall–Kier alpha value is -3.49. The molecule has 1 aromatic carbocycles. The third-order valence-electron chi connectivity index (χ3n) is 4.22. The number of hydrogen-bond acceptors (Lipinski definition) is 6. The standard InChI is InChI=1S/C17H18N6O3/c1-17(7-14(25)23(2)16(18)22-17)10-4-3-5-11(6-10)21-15(26)12-8-20-13(24)9-19-12/h3-6,8-9H,7H2,1-2H3,(H2,18,22)(H,20,24)(H,21,26). The molecule has 2 heterocycles. The average molecular weight is 354 g/mol. The number of H-pyrrole nitrogens is 1. The summed E-state index contributed by atoms with van der Waals surface area (Å²) >= 11 is 0. The topological polar surface area (TPSA) is 134 Å². The Morgan fingerprint density at radius 3 is 2.81 bits per heavy atom. The maximum atomic E-state index is 12.2. The Kier molecular flexibility index (Phi) is 4.29. The number of aromatic nitrogens is 2. The van der Waals surface area contributed by atoms with Gasteiger partial charge in [0.1, 0.15) is 5.69 Å².